The number of nitrogens with two attached hydrogens (primary N) is 1. The second-order valence-corrected chi connectivity index (χ2v) is 4.14. The van der Waals surface area contributed by atoms with E-state index in [1.54, 1.807) is 0 Å². The van der Waals surface area contributed by atoms with E-state index in [-0.39, 0.29) is 5.75 Å². The molecule has 0 amide bonds. The van der Waals surface area contributed by atoms with Crippen LogP contribution in [0.2, 0.25) is 0 Å². The zero-order valence-electron chi connectivity index (χ0n) is 7.71. The predicted octanol–water partition coefficient (Wildman–Crippen LogP) is 0.251. The van der Waals surface area contributed by atoms with Crippen molar-refractivity contribution in [3.63, 3.8) is 0 Å². The van der Waals surface area contributed by atoms with Crippen molar-refractivity contribution in [2.24, 2.45) is 5.14 Å². The first-order chi connectivity index (χ1) is 6.88. The molecule has 0 aliphatic rings. The molecule has 82 valence electrons. The van der Waals surface area contributed by atoms with Crippen LogP contribution in [0.3, 0.4) is 0 Å². The Bertz CT molecular complexity index is 496. The summed E-state index contributed by atoms with van der Waals surface area (Å²) in [5.41, 5.74) is -0.441. The summed E-state index contributed by atoms with van der Waals surface area (Å²) in [5.74, 6) is -0.356. The molecule has 1 rings (SSSR count). The summed E-state index contributed by atoms with van der Waals surface area (Å²) >= 11 is 0. The number of para-hydroxylation sites is 1. The number of hydrogen-bond acceptors (Lipinski definition) is 5. The summed E-state index contributed by atoms with van der Waals surface area (Å²) in [4.78, 5) is 9.40. The third-order valence-corrected chi connectivity index (χ3v) is 2.60. The molecule has 0 atom stereocenters. The van der Waals surface area contributed by atoms with Crippen LogP contribution in [0, 0.1) is 10.1 Å². The van der Waals surface area contributed by atoms with Gasteiger partial charge in [-0.1, -0.05) is 6.07 Å². The summed E-state index contributed by atoms with van der Waals surface area (Å²) in [5, 5.41) is 15.4. The van der Waals surface area contributed by atoms with Gasteiger partial charge in [0.25, 0.3) is 0 Å². The standard InChI is InChI=1S/C7H8N2O5S/c1-14-7-5(9(10)11)3-2-4-6(7)15(8,12)13/h2-4H,1H3,(H2,8,12,13). The average molecular weight is 232 g/mol. The van der Waals surface area contributed by atoms with Gasteiger partial charge >= 0.3 is 5.69 Å². The van der Waals surface area contributed by atoms with Gasteiger partial charge in [0, 0.05) is 6.07 Å². The van der Waals surface area contributed by atoms with Crippen LogP contribution in [0.4, 0.5) is 5.69 Å². The SMILES string of the molecule is COc1c([N+](=O)[O-])cccc1S(N)(=O)=O. The summed E-state index contributed by atoms with van der Waals surface area (Å²) in [6.07, 6.45) is 0. The molecule has 0 fully saturated rings. The van der Waals surface area contributed by atoms with Crippen molar-refractivity contribution in [1.29, 1.82) is 0 Å². The van der Waals surface area contributed by atoms with Gasteiger partial charge in [0.1, 0.15) is 4.90 Å². The van der Waals surface area contributed by atoms with Crippen molar-refractivity contribution in [1.82, 2.24) is 0 Å². The molecule has 1 aromatic rings. The molecule has 0 aromatic heterocycles. The number of primary sulfonamides is 1. The van der Waals surface area contributed by atoms with Gasteiger partial charge in [0.2, 0.25) is 15.8 Å². The first-order valence-corrected chi connectivity index (χ1v) is 5.26. The van der Waals surface area contributed by atoms with Crippen LogP contribution >= 0.6 is 0 Å². The maximum absolute atomic E-state index is 11.1. The van der Waals surface area contributed by atoms with E-state index >= 15 is 0 Å². The molecule has 0 unspecified atom stereocenters. The Balaban J connectivity index is 3.56. The van der Waals surface area contributed by atoms with Crippen LogP contribution in [-0.4, -0.2) is 20.5 Å². The Morgan fingerprint density at radius 1 is 1.47 bits per heavy atom. The summed E-state index contributed by atoms with van der Waals surface area (Å²) in [6.45, 7) is 0. The van der Waals surface area contributed by atoms with Crippen LogP contribution in [0.15, 0.2) is 23.1 Å². The Morgan fingerprint density at radius 2 is 2.07 bits per heavy atom. The maximum atomic E-state index is 11.1. The third kappa shape index (κ3) is 2.22. The van der Waals surface area contributed by atoms with Crippen molar-refractivity contribution in [3.8, 4) is 5.75 Å². The molecule has 0 aliphatic carbocycles. The van der Waals surface area contributed by atoms with Gasteiger partial charge in [-0.15, -0.1) is 0 Å². The van der Waals surface area contributed by atoms with Gasteiger partial charge in [-0.25, -0.2) is 13.6 Å². The van der Waals surface area contributed by atoms with E-state index in [0.717, 1.165) is 19.2 Å². The number of nitro groups is 1. The van der Waals surface area contributed by atoms with Crippen molar-refractivity contribution >= 4 is 15.7 Å². The van der Waals surface area contributed by atoms with Crippen LogP contribution in [0.1, 0.15) is 0 Å². The molecule has 0 aliphatic heterocycles. The van der Waals surface area contributed by atoms with Crippen molar-refractivity contribution in [2.45, 2.75) is 4.90 Å². The largest absolute Gasteiger partial charge is 0.489 e. The van der Waals surface area contributed by atoms with Crippen molar-refractivity contribution in [2.75, 3.05) is 7.11 Å². The lowest BCUT2D eigenvalue weighted by molar-refractivity contribution is -0.386. The minimum Gasteiger partial charge on any atom is -0.489 e. The van der Waals surface area contributed by atoms with Gasteiger partial charge in [-0.3, -0.25) is 10.1 Å². The highest BCUT2D eigenvalue weighted by Crippen LogP contribution is 2.32. The molecule has 0 bridgehead atoms. The number of nitro benzene ring substituents is 1. The predicted molar refractivity (Wildman–Crippen MR) is 51.0 cm³/mol. The normalized spacial score (nSPS) is 11.1. The number of hydrogen-bond donors (Lipinski definition) is 1. The highest BCUT2D eigenvalue weighted by Gasteiger charge is 2.23. The van der Waals surface area contributed by atoms with E-state index in [9.17, 15) is 18.5 Å². The fourth-order valence-corrected chi connectivity index (χ4v) is 1.79. The average Bonchev–Trinajstić information content (AvgIpc) is 2.15. The number of rotatable bonds is 3. The highest BCUT2D eigenvalue weighted by atomic mass is 32.2. The molecule has 0 spiro atoms. The molecule has 0 heterocycles. The molecular weight excluding hydrogens is 224 g/mol. The molecule has 0 saturated heterocycles. The lowest BCUT2D eigenvalue weighted by atomic mass is 10.3. The lowest BCUT2D eigenvalue weighted by Crippen LogP contribution is -2.14. The second-order valence-electron chi connectivity index (χ2n) is 2.61. The summed E-state index contributed by atoms with van der Waals surface area (Å²) < 4.78 is 26.8. The van der Waals surface area contributed by atoms with E-state index in [0.29, 0.717) is 0 Å². The minimum atomic E-state index is -4.03. The lowest BCUT2D eigenvalue weighted by Gasteiger charge is -2.05. The number of sulfonamides is 1. The minimum absolute atomic E-state index is 0.356. The molecule has 1 aromatic carbocycles. The highest BCUT2D eigenvalue weighted by molar-refractivity contribution is 7.89. The van der Waals surface area contributed by atoms with Gasteiger partial charge < -0.3 is 4.74 Å². The topological polar surface area (TPSA) is 113 Å². The molecule has 8 heteroatoms. The van der Waals surface area contributed by atoms with Gasteiger partial charge in [-0.05, 0) is 6.07 Å². The maximum Gasteiger partial charge on any atom is 0.312 e. The molecule has 2 N–H and O–H groups in total. The number of ether oxygens (including phenoxy) is 1. The van der Waals surface area contributed by atoms with E-state index in [1.807, 2.05) is 0 Å². The Hall–Kier alpha value is -1.67. The van der Waals surface area contributed by atoms with Crippen LogP contribution in [0.25, 0.3) is 0 Å². The van der Waals surface area contributed by atoms with Crippen LogP contribution < -0.4 is 9.88 Å². The fraction of sp³-hybridized carbons (Fsp3) is 0.143. The Kier molecular flexibility index (Phi) is 2.91. The summed E-state index contributed by atoms with van der Waals surface area (Å²) in [7, 11) is -2.90. The summed E-state index contributed by atoms with van der Waals surface area (Å²) in [6, 6.07) is 3.50. The first kappa shape index (κ1) is 11.4. The van der Waals surface area contributed by atoms with Gasteiger partial charge in [0.05, 0.1) is 12.0 Å². The van der Waals surface area contributed by atoms with Crippen LogP contribution in [0.5, 0.6) is 5.75 Å². The number of methoxy groups -OCH3 is 1. The van der Waals surface area contributed by atoms with Gasteiger partial charge in [-0.2, -0.15) is 0 Å². The third-order valence-electron chi connectivity index (χ3n) is 1.67. The van der Waals surface area contributed by atoms with E-state index < -0.39 is 25.5 Å². The van der Waals surface area contributed by atoms with E-state index in [4.69, 9.17) is 5.14 Å². The van der Waals surface area contributed by atoms with Crippen molar-refractivity contribution in [3.05, 3.63) is 28.3 Å². The van der Waals surface area contributed by atoms with Crippen LogP contribution in [-0.2, 0) is 10.0 Å². The number of nitrogens with zero attached hydrogens (tertiary/aromatic N) is 1. The molecule has 7 nitrogen and oxygen atoms in total. The smallest absolute Gasteiger partial charge is 0.312 e. The molecule has 0 radical (unpaired) electrons. The quantitative estimate of drug-likeness (QED) is 0.592. The first-order valence-electron chi connectivity index (χ1n) is 3.72. The molecular formula is C7H8N2O5S. The van der Waals surface area contributed by atoms with E-state index in [1.165, 1.54) is 6.07 Å². The van der Waals surface area contributed by atoms with Gasteiger partial charge in [0.15, 0.2) is 0 Å². The molecule has 0 saturated carbocycles. The monoisotopic (exact) mass is 232 g/mol. The number of benzene rings is 1. The Labute approximate surface area is 85.7 Å². The van der Waals surface area contributed by atoms with E-state index in [2.05, 4.69) is 4.74 Å². The van der Waals surface area contributed by atoms with Crippen molar-refractivity contribution < 1.29 is 18.1 Å². The zero-order valence-corrected chi connectivity index (χ0v) is 8.52. The Morgan fingerprint density at radius 3 is 2.47 bits per heavy atom. The second kappa shape index (κ2) is 3.83. The molecule has 15 heavy (non-hydrogen) atoms. The zero-order chi connectivity index (χ0) is 11.6. The fourth-order valence-electron chi connectivity index (χ4n) is 1.08.